The van der Waals surface area contributed by atoms with Crippen LogP contribution in [0.1, 0.15) is 30.2 Å². The number of carbonyl (C=O) groups is 1. The average molecular weight is 298 g/mol. The van der Waals surface area contributed by atoms with Crippen molar-refractivity contribution in [3.8, 4) is 0 Å². The molecular formula is C11H11F5N2O2. The van der Waals surface area contributed by atoms with Crippen molar-refractivity contribution in [1.29, 1.82) is 0 Å². The zero-order chi connectivity index (χ0) is 15.5. The third-order valence-corrected chi connectivity index (χ3v) is 2.31. The Bertz CT molecular complexity index is 502. The molecule has 1 aromatic rings. The molecular weight excluding hydrogens is 287 g/mol. The molecule has 0 aromatic carbocycles. The quantitative estimate of drug-likeness (QED) is 0.685. The van der Waals surface area contributed by atoms with E-state index in [0.717, 1.165) is 0 Å². The number of anilines is 1. The molecule has 1 heterocycles. The van der Waals surface area contributed by atoms with Gasteiger partial charge in [0.05, 0.1) is 13.0 Å². The number of pyridine rings is 1. The summed E-state index contributed by atoms with van der Waals surface area (Å²) in [5, 5.41) is 0. The normalized spacial score (nSPS) is 11.8. The maximum atomic E-state index is 12.8. The number of nitrogens with zero attached hydrogens (tertiary/aromatic N) is 1. The molecule has 4 nitrogen and oxygen atoms in total. The zero-order valence-corrected chi connectivity index (χ0v) is 10.3. The lowest BCUT2D eigenvalue weighted by Gasteiger charge is -2.16. The van der Waals surface area contributed by atoms with Crippen molar-refractivity contribution < 1.29 is 31.5 Å². The van der Waals surface area contributed by atoms with Gasteiger partial charge < -0.3 is 10.5 Å². The summed E-state index contributed by atoms with van der Waals surface area (Å²) in [6.07, 6.45) is -9.16. The lowest BCUT2D eigenvalue weighted by molar-refractivity contribution is -0.144. The Morgan fingerprint density at radius 2 is 2.05 bits per heavy atom. The number of hydrogen-bond acceptors (Lipinski definition) is 4. The summed E-state index contributed by atoms with van der Waals surface area (Å²) < 4.78 is 68.5. The molecule has 0 fully saturated rings. The van der Waals surface area contributed by atoms with E-state index >= 15 is 0 Å². The number of halogens is 5. The number of rotatable bonds is 4. The minimum atomic E-state index is -5.00. The number of nitrogen functional groups attached to an aromatic ring is 1. The predicted molar refractivity (Wildman–Crippen MR) is 58.9 cm³/mol. The molecule has 2 N–H and O–H groups in total. The number of hydrogen-bond donors (Lipinski definition) is 1. The Balaban J connectivity index is 3.38. The van der Waals surface area contributed by atoms with Crippen LogP contribution < -0.4 is 5.73 Å². The van der Waals surface area contributed by atoms with E-state index in [0.29, 0.717) is 6.07 Å². The summed E-state index contributed by atoms with van der Waals surface area (Å²) in [6.45, 7) is 1.37. The fourth-order valence-electron chi connectivity index (χ4n) is 1.58. The van der Waals surface area contributed by atoms with Gasteiger partial charge in [0, 0.05) is 11.1 Å². The summed E-state index contributed by atoms with van der Waals surface area (Å²) in [5.74, 6) is -1.74. The molecule has 9 heteroatoms. The van der Waals surface area contributed by atoms with Gasteiger partial charge in [0.2, 0.25) is 0 Å². The maximum absolute atomic E-state index is 12.8. The first-order valence-electron chi connectivity index (χ1n) is 5.47. The summed E-state index contributed by atoms with van der Waals surface area (Å²) in [6, 6.07) is 0.620. The predicted octanol–water partition coefficient (Wildman–Crippen LogP) is 2.73. The number of nitrogens with two attached hydrogens (primary N) is 1. The van der Waals surface area contributed by atoms with E-state index in [4.69, 9.17) is 5.73 Å². The van der Waals surface area contributed by atoms with Gasteiger partial charge in [-0.15, -0.1) is 0 Å². The molecule has 0 saturated carbocycles. The highest BCUT2D eigenvalue weighted by Crippen LogP contribution is 2.36. The Labute approximate surface area is 110 Å². The topological polar surface area (TPSA) is 65.2 Å². The Hall–Kier alpha value is -1.93. The highest BCUT2D eigenvalue weighted by molar-refractivity contribution is 5.73. The van der Waals surface area contributed by atoms with Gasteiger partial charge in [0.15, 0.2) is 5.69 Å². The average Bonchev–Trinajstić information content (AvgIpc) is 2.29. The van der Waals surface area contributed by atoms with E-state index in [-0.39, 0.29) is 6.61 Å². The van der Waals surface area contributed by atoms with E-state index in [1.165, 1.54) is 6.92 Å². The molecule has 1 rings (SSSR count). The molecule has 0 radical (unpaired) electrons. The van der Waals surface area contributed by atoms with Crippen LogP contribution >= 0.6 is 0 Å². The molecule has 0 amide bonds. The lowest BCUT2D eigenvalue weighted by Crippen LogP contribution is -2.19. The molecule has 1 aromatic heterocycles. The summed E-state index contributed by atoms with van der Waals surface area (Å²) in [5.41, 5.74) is 1.60. The first kappa shape index (κ1) is 16.1. The summed E-state index contributed by atoms with van der Waals surface area (Å²) in [7, 11) is 0. The number of carbonyl (C=O) groups excluding carboxylic acids is 1. The number of esters is 1. The number of aromatic nitrogens is 1. The van der Waals surface area contributed by atoms with Gasteiger partial charge in [-0.1, -0.05) is 0 Å². The SMILES string of the molecule is CCOC(=O)Cc1c(C(F)F)cc(N)nc1C(F)(F)F. The third-order valence-electron chi connectivity index (χ3n) is 2.31. The molecule has 0 spiro atoms. The van der Waals surface area contributed by atoms with Crippen LogP contribution in [0.3, 0.4) is 0 Å². The van der Waals surface area contributed by atoms with Gasteiger partial charge in [0.25, 0.3) is 6.43 Å². The van der Waals surface area contributed by atoms with Gasteiger partial charge in [-0.3, -0.25) is 4.79 Å². The standard InChI is InChI=1S/C11H11F5N2O2/c1-2-20-8(19)4-5-6(10(12)13)3-7(17)18-9(5)11(14,15)16/h3,10H,2,4H2,1H3,(H2,17,18). The first-order valence-corrected chi connectivity index (χ1v) is 5.47. The second-order valence-electron chi connectivity index (χ2n) is 3.74. The Kier molecular flexibility index (Phi) is 4.85. The van der Waals surface area contributed by atoms with E-state index in [1.54, 1.807) is 0 Å². The van der Waals surface area contributed by atoms with Crippen molar-refractivity contribution in [3.05, 3.63) is 22.9 Å². The second-order valence-corrected chi connectivity index (χ2v) is 3.74. The Morgan fingerprint density at radius 1 is 1.45 bits per heavy atom. The van der Waals surface area contributed by atoms with E-state index in [2.05, 4.69) is 9.72 Å². The van der Waals surface area contributed by atoms with Crippen LogP contribution in [0, 0.1) is 0 Å². The fraction of sp³-hybridized carbons (Fsp3) is 0.455. The minimum absolute atomic E-state index is 0.0768. The molecule has 0 bridgehead atoms. The van der Waals surface area contributed by atoms with E-state index in [9.17, 15) is 26.7 Å². The van der Waals surface area contributed by atoms with Gasteiger partial charge in [-0.05, 0) is 13.0 Å². The third kappa shape index (κ3) is 3.78. The zero-order valence-electron chi connectivity index (χ0n) is 10.3. The van der Waals surface area contributed by atoms with Crippen molar-refractivity contribution >= 4 is 11.8 Å². The molecule has 0 atom stereocenters. The smallest absolute Gasteiger partial charge is 0.433 e. The van der Waals surface area contributed by atoms with Crippen molar-refractivity contribution in [3.63, 3.8) is 0 Å². The van der Waals surface area contributed by atoms with E-state index < -0.39 is 47.6 Å². The van der Waals surface area contributed by atoms with Gasteiger partial charge in [-0.2, -0.15) is 13.2 Å². The monoisotopic (exact) mass is 298 g/mol. The molecule has 0 saturated heterocycles. The van der Waals surface area contributed by atoms with Gasteiger partial charge in [0.1, 0.15) is 5.82 Å². The van der Waals surface area contributed by atoms with Crippen LogP contribution in [0.15, 0.2) is 6.07 Å². The number of ether oxygens (including phenoxy) is 1. The van der Waals surface area contributed by atoms with E-state index in [1.807, 2.05) is 0 Å². The van der Waals surface area contributed by atoms with Gasteiger partial charge >= 0.3 is 12.1 Å². The van der Waals surface area contributed by atoms with Crippen LogP contribution in [0.2, 0.25) is 0 Å². The van der Waals surface area contributed by atoms with Crippen LogP contribution in [0.5, 0.6) is 0 Å². The summed E-state index contributed by atoms with van der Waals surface area (Å²) >= 11 is 0. The molecule has 20 heavy (non-hydrogen) atoms. The largest absolute Gasteiger partial charge is 0.466 e. The number of alkyl halides is 5. The van der Waals surface area contributed by atoms with Crippen LogP contribution in [-0.2, 0) is 22.1 Å². The van der Waals surface area contributed by atoms with Crippen molar-refractivity contribution in [2.45, 2.75) is 25.9 Å². The summed E-state index contributed by atoms with van der Waals surface area (Å²) in [4.78, 5) is 14.3. The van der Waals surface area contributed by atoms with Gasteiger partial charge in [-0.25, -0.2) is 13.8 Å². The van der Waals surface area contributed by atoms with Crippen LogP contribution in [-0.4, -0.2) is 17.6 Å². The van der Waals surface area contributed by atoms with Crippen molar-refractivity contribution in [2.75, 3.05) is 12.3 Å². The Morgan fingerprint density at radius 3 is 2.50 bits per heavy atom. The van der Waals surface area contributed by atoms with Crippen molar-refractivity contribution in [1.82, 2.24) is 4.98 Å². The fourth-order valence-corrected chi connectivity index (χ4v) is 1.58. The molecule has 0 unspecified atom stereocenters. The maximum Gasteiger partial charge on any atom is 0.433 e. The second kappa shape index (κ2) is 6.02. The minimum Gasteiger partial charge on any atom is -0.466 e. The molecule has 0 aliphatic carbocycles. The molecule has 112 valence electrons. The van der Waals surface area contributed by atoms with Crippen LogP contribution in [0.4, 0.5) is 27.8 Å². The highest BCUT2D eigenvalue weighted by Gasteiger charge is 2.38. The molecule has 0 aliphatic rings. The van der Waals surface area contributed by atoms with Crippen LogP contribution in [0.25, 0.3) is 0 Å². The first-order chi connectivity index (χ1) is 9.16. The molecule has 0 aliphatic heterocycles. The van der Waals surface area contributed by atoms with Crippen molar-refractivity contribution in [2.24, 2.45) is 0 Å². The highest BCUT2D eigenvalue weighted by atomic mass is 19.4. The lowest BCUT2D eigenvalue weighted by atomic mass is 10.0.